The van der Waals surface area contributed by atoms with Gasteiger partial charge in [-0.1, -0.05) is 20.8 Å². The highest BCUT2D eigenvalue weighted by atomic mass is 19.1. The van der Waals surface area contributed by atoms with E-state index in [1.165, 1.54) is 4.57 Å². The van der Waals surface area contributed by atoms with E-state index in [1.54, 1.807) is 20.8 Å². The Hall–Kier alpha value is -2.44. The van der Waals surface area contributed by atoms with Crippen molar-refractivity contribution in [1.82, 2.24) is 4.57 Å². The molecule has 5 nitrogen and oxygen atoms in total. The van der Waals surface area contributed by atoms with Gasteiger partial charge in [-0.2, -0.15) is 0 Å². The first kappa shape index (κ1) is 16.4. The number of benzene rings is 1. The van der Waals surface area contributed by atoms with Gasteiger partial charge in [-0.25, -0.2) is 13.6 Å². The van der Waals surface area contributed by atoms with Crippen molar-refractivity contribution in [2.75, 3.05) is 5.73 Å². The van der Waals surface area contributed by atoms with E-state index in [9.17, 15) is 19.1 Å². The molecular weight excluding hydrogens is 318 g/mol. The maximum absolute atomic E-state index is 15.2. The van der Waals surface area contributed by atoms with Gasteiger partial charge >= 0.3 is 5.97 Å². The average Bonchev–Trinajstić information content (AvgIpc) is 3.27. The van der Waals surface area contributed by atoms with E-state index < -0.39 is 45.1 Å². The van der Waals surface area contributed by atoms with Crippen molar-refractivity contribution in [2.45, 2.75) is 45.1 Å². The summed E-state index contributed by atoms with van der Waals surface area (Å²) in [5.74, 6) is -3.31. The summed E-state index contributed by atoms with van der Waals surface area (Å²) >= 11 is 0. The number of hydrogen-bond acceptors (Lipinski definition) is 3. The number of rotatable bonds is 2. The summed E-state index contributed by atoms with van der Waals surface area (Å²) in [6.07, 6.45) is 2.61. The highest BCUT2D eigenvalue weighted by molar-refractivity contribution is 5.98. The van der Waals surface area contributed by atoms with E-state index in [1.807, 2.05) is 0 Å². The van der Waals surface area contributed by atoms with E-state index >= 15 is 4.39 Å². The number of hydrogen-bond donors (Lipinski definition) is 2. The number of fused-ring (bicyclic) bond motifs is 1. The summed E-state index contributed by atoms with van der Waals surface area (Å²) in [5.41, 5.74) is 2.60. The second-order valence-corrected chi connectivity index (χ2v) is 7.21. The summed E-state index contributed by atoms with van der Waals surface area (Å²) in [6.45, 7) is 4.93. The van der Waals surface area contributed by atoms with Crippen LogP contribution >= 0.6 is 0 Å². The van der Waals surface area contributed by atoms with Crippen LogP contribution in [0.3, 0.4) is 0 Å². The molecule has 0 spiro atoms. The number of nitrogen functional groups attached to an aromatic ring is 1. The van der Waals surface area contributed by atoms with Gasteiger partial charge in [-0.3, -0.25) is 4.79 Å². The van der Waals surface area contributed by atoms with E-state index in [0.29, 0.717) is 0 Å². The Bertz CT molecular complexity index is 938. The van der Waals surface area contributed by atoms with Gasteiger partial charge in [0.2, 0.25) is 5.43 Å². The second kappa shape index (κ2) is 5.03. The summed E-state index contributed by atoms with van der Waals surface area (Å²) in [5, 5.41) is 8.83. The minimum atomic E-state index is -1.45. The molecule has 0 unspecified atom stereocenters. The number of carboxylic acids is 1. The molecule has 0 saturated heterocycles. The quantitative estimate of drug-likeness (QED) is 0.825. The van der Waals surface area contributed by atoms with Crippen molar-refractivity contribution in [3.8, 4) is 0 Å². The molecule has 1 heterocycles. The number of carboxylic acid groups (broad SMARTS) is 1. The van der Waals surface area contributed by atoms with Crippen LogP contribution in [0.15, 0.2) is 11.0 Å². The fourth-order valence-corrected chi connectivity index (χ4v) is 3.02. The van der Waals surface area contributed by atoms with Crippen LogP contribution in [-0.4, -0.2) is 15.6 Å². The summed E-state index contributed by atoms with van der Waals surface area (Å²) in [6, 6.07) is -0.113. The monoisotopic (exact) mass is 336 g/mol. The number of pyridine rings is 1. The maximum Gasteiger partial charge on any atom is 0.341 e. The van der Waals surface area contributed by atoms with Gasteiger partial charge < -0.3 is 15.4 Å². The Morgan fingerprint density at radius 2 is 1.88 bits per heavy atom. The van der Waals surface area contributed by atoms with E-state index in [2.05, 4.69) is 0 Å². The smallest absolute Gasteiger partial charge is 0.341 e. The molecule has 3 N–H and O–H groups in total. The number of nitrogens with two attached hydrogens (primary N) is 1. The molecule has 0 bridgehead atoms. The number of halogens is 2. The van der Waals surface area contributed by atoms with Crippen molar-refractivity contribution in [3.05, 3.63) is 39.2 Å². The fraction of sp³-hybridized carbons (Fsp3) is 0.412. The molecule has 1 aromatic carbocycles. The van der Waals surface area contributed by atoms with Gasteiger partial charge in [-0.15, -0.1) is 0 Å². The third-order valence-electron chi connectivity index (χ3n) is 4.31. The van der Waals surface area contributed by atoms with Gasteiger partial charge in [0.1, 0.15) is 5.56 Å². The molecule has 1 aliphatic carbocycles. The normalized spacial score (nSPS) is 15.0. The molecule has 3 rings (SSSR count). The van der Waals surface area contributed by atoms with Gasteiger partial charge in [0.05, 0.1) is 16.6 Å². The van der Waals surface area contributed by atoms with Crippen LogP contribution in [0.25, 0.3) is 10.9 Å². The first-order valence-corrected chi connectivity index (χ1v) is 7.64. The van der Waals surface area contributed by atoms with Crippen molar-refractivity contribution in [2.24, 2.45) is 0 Å². The molecule has 1 aromatic heterocycles. The molecule has 128 valence electrons. The lowest BCUT2D eigenvalue weighted by molar-refractivity contribution is 0.0695. The molecule has 1 fully saturated rings. The van der Waals surface area contributed by atoms with Crippen LogP contribution in [0, 0.1) is 11.6 Å². The van der Waals surface area contributed by atoms with Gasteiger partial charge in [0, 0.05) is 17.8 Å². The average molecular weight is 336 g/mol. The van der Waals surface area contributed by atoms with Crippen LogP contribution in [-0.2, 0) is 5.41 Å². The van der Waals surface area contributed by atoms with Crippen LogP contribution in [0.1, 0.15) is 55.6 Å². The summed E-state index contributed by atoms with van der Waals surface area (Å²) in [7, 11) is 0. The Balaban J connectivity index is 2.59. The van der Waals surface area contributed by atoms with E-state index in [0.717, 1.165) is 19.0 Å². The molecule has 0 radical (unpaired) electrons. The summed E-state index contributed by atoms with van der Waals surface area (Å²) < 4.78 is 31.3. The van der Waals surface area contributed by atoms with Crippen molar-refractivity contribution in [3.63, 3.8) is 0 Å². The first-order chi connectivity index (χ1) is 11.1. The Labute approximate surface area is 136 Å². The zero-order valence-electron chi connectivity index (χ0n) is 13.6. The molecular formula is C17H18F2N2O3. The number of anilines is 1. The van der Waals surface area contributed by atoms with Gasteiger partial charge in [0.25, 0.3) is 0 Å². The lowest BCUT2D eigenvalue weighted by atomic mass is 9.84. The molecule has 1 saturated carbocycles. The lowest BCUT2D eigenvalue weighted by Crippen LogP contribution is -2.24. The predicted molar refractivity (Wildman–Crippen MR) is 86.5 cm³/mol. The summed E-state index contributed by atoms with van der Waals surface area (Å²) in [4.78, 5) is 23.8. The highest BCUT2D eigenvalue weighted by Gasteiger charge is 2.34. The zero-order chi connectivity index (χ0) is 18.0. The molecule has 7 heteroatoms. The fourth-order valence-electron chi connectivity index (χ4n) is 3.02. The third-order valence-corrected chi connectivity index (χ3v) is 4.31. The third kappa shape index (κ3) is 2.26. The number of aromatic carboxylic acids is 1. The van der Waals surface area contributed by atoms with Crippen LogP contribution in [0.5, 0.6) is 0 Å². The second-order valence-electron chi connectivity index (χ2n) is 7.21. The topological polar surface area (TPSA) is 85.3 Å². The largest absolute Gasteiger partial charge is 0.477 e. The standard InChI is InChI=1S/C17H18F2N2O3/c1-17(2,3)10-11(18)13(20)9-14(12(10)19)21(7-4-5-7)6-8(15(9)22)16(23)24/h6-7H,4-5,20H2,1-3H3,(H,23,24). The van der Waals surface area contributed by atoms with Crippen LogP contribution in [0.2, 0.25) is 0 Å². The molecule has 0 atom stereocenters. The molecule has 2 aromatic rings. The Kier molecular flexibility index (Phi) is 3.44. The van der Waals surface area contributed by atoms with Crippen molar-refractivity contribution >= 4 is 22.6 Å². The van der Waals surface area contributed by atoms with Gasteiger partial charge in [0.15, 0.2) is 11.6 Å². The maximum atomic E-state index is 15.2. The van der Waals surface area contributed by atoms with E-state index in [4.69, 9.17) is 5.73 Å². The first-order valence-electron chi connectivity index (χ1n) is 7.64. The van der Waals surface area contributed by atoms with Crippen LogP contribution < -0.4 is 11.2 Å². The number of nitrogens with zero attached hydrogens (tertiary/aromatic N) is 1. The van der Waals surface area contributed by atoms with Crippen LogP contribution in [0.4, 0.5) is 14.5 Å². The molecule has 0 amide bonds. The Morgan fingerprint density at radius 1 is 1.29 bits per heavy atom. The lowest BCUT2D eigenvalue weighted by Gasteiger charge is -2.24. The highest BCUT2D eigenvalue weighted by Crippen LogP contribution is 2.41. The number of aromatic nitrogens is 1. The number of carbonyl (C=O) groups is 1. The zero-order valence-corrected chi connectivity index (χ0v) is 13.6. The Morgan fingerprint density at radius 3 is 2.33 bits per heavy atom. The SMILES string of the molecule is CC(C)(C)c1c(F)c(N)c2c(=O)c(C(=O)O)cn(C3CC3)c2c1F. The minimum Gasteiger partial charge on any atom is -0.477 e. The van der Waals surface area contributed by atoms with Crippen molar-refractivity contribution in [1.29, 1.82) is 0 Å². The van der Waals surface area contributed by atoms with Crippen molar-refractivity contribution < 1.29 is 18.7 Å². The molecule has 0 aliphatic heterocycles. The molecule has 1 aliphatic rings. The van der Waals surface area contributed by atoms with E-state index in [-0.39, 0.29) is 17.1 Å². The minimum absolute atomic E-state index is 0.113. The predicted octanol–water partition coefficient (Wildman–Crippen LogP) is 3.19. The van der Waals surface area contributed by atoms with Gasteiger partial charge in [-0.05, 0) is 18.3 Å². The molecule has 24 heavy (non-hydrogen) atoms.